The average molecular weight is 372 g/mol. The molecule has 9 heteroatoms. The maximum Gasteiger partial charge on any atom is 0.262 e. The highest BCUT2D eigenvalue weighted by Gasteiger charge is 2.44. The van der Waals surface area contributed by atoms with E-state index in [1.54, 1.807) is 18.2 Å². The fourth-order valence-electron chi connectivity index (χ4n) is 3.05. The summed E-state index contributed by atoms with van der Waals surface area (Å²) in [4.78, 5) is 26.3. The number of carbonyl (C=O) groups is 2. The fourth-order valence-corrected chi connectivity index (χ4v) is 3.05. The van der Waals surface area contributed by atoms with Crippen molar-refractivity contribution in [3.63, 3.8) is 0 Å². The Labute approximate surface area is 151 Å². The number of amides is 2. The van der Waals surface area contributed by atoms with Crippen LogP contribution < -0.4 is 15.8 Å². The Morgan fingerprint density at radius 2 is 1.92 bits per heavy atom. The topological polar surface area (TPSA) is 125 Å². The van der Waals surface area contributed by atoms with E-state index in [0.717, 1.165) is 4.90 Å². The molecule has 2 heterocycles. The second-order valence-corrected chi connectivity index (χ2v) is 5.95. The molecule has 3 rings (SSSR count). The highest BCUT2D eigenvalue weighted by Crippen LogP contribution is 2.31. The standard InChI is InChI=1S/C16H21N3O5.ClH/c17-6-1-7-24-9-2-3-10-11(8-9)16(23)19(15(10)22)12-4-5-13(20)18-14(12)21;/h2-3,8,12-14,18,20-21H,1,4-7,17H2;1H. The molecule has 2 amide bonds. The van der Waals surface area contributed by atoms with Gasteiger partial charge in [0, 0.05) is 0 Å². The van der Waals surface area contributed by atoms with Gasteiger partial charge in [0.25, 0.3) is 11.8 Å². The highest BCUT2D eigenvalue weighted by atomic mass is 35.5. The maximum atomic E-state index is 12.6. The number of carbonyl (C=O) groups excluding carboxylic acids is 2. The van der Waals surface area contributed by atoms with Gasteiger partial charge in [-0.3, -0.25) is 19.8 Å². The zero-order valence-electron chi connectivity index (χ0n) is 13.6. The number of nitrogens with two attached hydrogens (primary N) is 1. The molecule has 0 saturated carbocycles. The minimum Gasteiger partial charge on any atom is -0.494 e. The number of rotatable bonds is 5. The molecule has 25 heavy (non-hydrogen) atoms. The first kappa shape index (κ1) is 19.6. The molecule has 3 unspecified atom stereocenters. The Bertz CT molecular complexity index is 657. The van der Waals surface area contributed by atoms with Gasteiger partial charge >= 0.3 is 0 Å². The van der Waals surface area contributed by atoms with Crippen molar-refractivity contribution in [2.24, 2.45) is 5.73 Å². The first-order valence-electron chi connectivity index (χ1n) is 8.00. The summed E-state index contributed by atoms with van der Waals surface area (Å²) in [5.74, 6) is -0.393. The molecule has 3 atom stereocenters. The molecule has 1 fully saturated rings. The number of piperidine rings is 1. The Morgan fingerprint density at radius 1 is 1.20 bits per heavy atom. The second kappa shape index (κ2) is 8.11. The van der Waals surface area contributed by atoms with E-state index in [4.69, 9.17) is 10.5 Å². The summed E-state index contributed by atoms with van der Waals surface area (Å²) in [5, 5.41) is 22.1. The minimum absolute atomic E-state index is 0. The summed E-state index contributed by atoms with van der Waals surface area (Å²) < 4.78 is 5.51. The number of imide groups is 1. The van der Waals surface area contributed by atoms with Gasteiger partial charge in [-0.25, -0.2) is 0 Å². The number of ether oxygens (including phenoxy) is 1. The van der Waals surface area contributed by atoms with Crippen LogP contribution in [0.5, 0.6) is 5.75 Å². The Kier molecular flexibility index (Phi) is 6.36. The largest absolute Gasteiger partial charge is 0.494 e. The molecule has 0 bridgehead atoms. The highest BCUT2D eigenvalue weighted by molar-refractivity contribution is 6.21. The van der Waals surface area contributed by atoms with Crippen LogP contribution in [-0.2, 0) is 0 Å². The molecule has 138 valence electrons. The van der Waals surface area contributed by atoms with Gasteiger partial charge in [-0.05, 0) is 44.0 Å². The zero-order valence-corrected chi connectivity index (χ0v) is 14.4. The molecule has 0 aromatic heterocycles. The summed E-state index contributed by atoms with van der Waals surface area (Å²) in [6, 6.07) is 4.04. The summed E-state index contributed by atoms with van der Waals surface area (Å²) in [6.45, 7) is 0.943. The van der Waals surface area contributed by atoms with Crippen LogP contribution in [0.1, 0.15) is 40.0 Å². The first-order chi connectivity index (χ1) is 11.5. The maximum absolute atomic E-state index is 12.6. The minimum atomic E-state index is -1.16. The van der Waals surface area contributed by atoms with Gasteiger partial charge in [0.05, 0.1) is 23.8 Å². The molecule has 1 aromatic carbocycles. The Hall–Kier alpha value is -1.71. The van der Waals surface area contributed by atoms with Crippen LogP contribution in [0.3, 0.4) is 0 Å². The van der Waals surface area contributed by atoms with E-state index < -0.39 is 30.3 Å². The third-order valence-electron chi connectivity index (χ3n) is 4.30. The summed E-state index contributed by atoms with van der Waals surface area (Å²) in [5.41, 5.74) is 5.98. The number of hydrogen-bond donors (Lipinski definition) is 4. The molecule has 2 aliphatic rings. The summed E-state index contributed by atoms with van der Waals surface area (Å²) in [7, 11) is 0. The van der Waals surface area contributed by atoms with Crippen molar-refractivity contribution in [3.05, 3.63) is 29.3 Å². The van der Waals surface area contributed by atoms with Crippen LogP contribution in [0.4, 0.5) is 0 Å². The predicted octanol–water partition coefficient (Wildman–Crippen LogP) is -0.179. The van der Waals surface area contributed by atoms with Crippen molar-refractivity contribution < 1.29 is 24.5 Å². The number of nitrogens with one attached hydrogen (secondary N) is 1. The van der Waals surface area contributed by atoms with Gasteiger partial charge < -0.3 is 20.7 Å². The number of benzene rings is 1. The van der Waals surface area contributed by atoms with Gasteiger partial charge in [0.15, 0.2) is 0 Å². The lowest BCUT2D eigenvalue weighted by atomic mass is 10.0. The zero-order chi connectivity index (χ0) is 17.3. The average Bonchev–Trinajstić information content (AvgIpc) is 2.80. The lowest BCUT2D eigenvalue weighted by Crippen LogP contribution is -2.58. The number of halogens is 1. The normalized spacial score (nSPS) is 25.6. The van der Waals surface area contributed by atoms with Gasteiger partial charge in [-0.1, -0.05) is 0 Å². The van der Waals surface area contributed by atoms with Gasteiger partial charge in [-0.2, -0.15) is 0 Å². The molecule has 2 aliphatic heterocycles. The van der Waals surface area contributed by atoms with Crippen LogP contribution in [0.2, 0.25) is 0 Å². The van der Waals surface area contributed by atoms with Gasteiger partial charge in [0.1, 0.15) is 18.2 Å². The van der Waals surface area contributed by atoms with E-state index in [9.17, 15) is 19.8 Å². The number of hydrogen-bond acceptors (Lipinski definition) is 7. The van der Waals surface area contributed by atoms with Crippen molar-refractivity contribution in [3.8, 4) is 5.75 Å². The van der Waals surface area contributed by atoms with Gasteiger partial charge in [0.2, 0.25) is 0 Å². The third-order valence-corrected chi connectivity index (χ3v) is 4.30. The van der Waals surface area contributed by atoms with Crippen LogP contribution >= 0.6 is 12.4 Å². The molecule has 1 saturated heterocycles. The lowest BCUT2D eigenvalue weighted by Gasteiger charge is -2.36. The number of nitrogens with zero attached hydrogens (tertiary/aromatic N) is 1. The predicted molar refractivity (Wildman–Crippen MR) is 91.5 cm³/mol. The summed E-state index contributed by atoms with van der Waals surface area (Å²) >= 11 is 0. The SMILES string of the molecule is Cl.NCCCOc1ccc2c(c1)C(=O)N(C1CCC(O)NC1O)C2=O. The molecule has 0 radical (unpaired) electrons. The van der Waals surface area contributed by atoms with Crippen LogP contribution in [0, 0.1) is 0 Å². The molecule has 0 spiro atoms. The third kappa shape index (κ3) is 3.78. The number of aliphatic hydroxyl groups excluding tert-OH is 2. The Balaban J connectivity index is 0.00000225. The van der Waals surface area contributed by atoms with E-state index in [1.807, 2.05) is 0 Å². The number of fused-ring (bicyclic) bond motifs is 1. The first-order valence-corrected chi connectivity index (χ1v) is 8.00. The van der Waals surface area contributed by atoms with E-state index in [0.29, 0.717) is 43.7 Å². The van der Waals surface area contributed by atoms with Crippen molar-refractivity contribution >= 4 is 24.2 Å². The van der Waals surface area contributed by atoms with Crippen molar-refractivity contribution in [1.82, 2.24) is 10.2 Å². The molecule has 0 aliphatic carbocycles. The monoisotopic (exact) mass is 371 g/mol. The van der Waals surface area contributed by atoms with Crippen molar-refractivity contribution in [2.45, 2.75) is 37.8 Å². The quantitative estimate of drug-likeness (QED) is 0.418. The fraction of sp³-hybridized carbons (Fsp3) is 0.500. The molecular formula is C16H22ClN3O5. The van der Waals surface area contributed by atoms with Crippen molar-refractivity contribution in [1.29, 1.82) is 0 Å². The van der Waals surface area contributed by atoms with E-state index in [2.05, 4.69) is 5.32 Å². The van der Waals surface area contributed by atoms with E-state index >= 15 is 0 Å². The smallest absolute Gasteiger partial charge is 0.262 e. The molecule has 1 aromatic rings. The number of aliphatic hydroxyl groups is 2. The van der Waals surface area contributed by atoms with Crippen molar-refractivity contribution in [2.75, 3.05) is 13.2 Å². The van der Waals surface area contributed by atoms with Crippen LogP contribution in [0.15, 0.2) is 18.2 Å². The van der Waals surface area contributed by atoms with E-state index in [1.165, 1.54) is 0 Å². The molecular weight excluding hydrogens is 350 g/mol. The lowest BCUT2D eigenvalue weighted by molar-refractivity contribution is -0.0413. The molecule has 8 nitrogen and oxygen atoms in total. The van der Waals surface area contributed by atoms with E-state index in [-0.39, 0.29) is 18.0 Å². The summed E-state index contributed by atoms with van der Waals surface area (Å²) in [6.07, 6.45) is -0.619. The Morgan fingerprint density at radius 3 is 2.60 bits per heavy atom. The van der Waals surface area contributed by atoms with Gasteiger partial charge in [-0.15, -0.1) is 12.4 Å². The second-order valence-electron chi connectivity index (χ2n) is 5.95. The van der Waals surface area contributed by atoms with Crippen LogP contribution in [-0.4, -0.2) is 58.6 Å². The van der Waals surface area contributed by atoms with Crippen LogP contribution in [0.25, 0.3) is 0 Å². The molecule has 5 N–H and O–H groups in total.